The lowest BCUT2D eigenvalue weighted by Crippen LogP contribution is -2.45. The summed E-state index contributed by atoms with van der Waals surface area (Å²) in [5.41, 5.74) is 4.28. The highest BCUT2D eigenvalue weighted by Gasteiger charge is 2.33. The molecule has 4 aromatic rings. The average molecular weight is 574 g/mol. The van der Waals surface area contributed by atoms with Crippen molar-refractivity contribution in [1.82, 2.24) is 15.3 Å². The Morgan fingerprint density at radius 3 is 2.07 bits per heavy atom. The number of imidazole rings is 1. The van der Waals surface area contributed by atoms with E-state index in [-0.39, 0.29) is 5.82 Å². The Balaban J connectivity index is 1.38. The van der Waals surface area contributed by atoms with E-state index in [0.29, 0.717) is 12.8 Å². The van der Waals surface area contributed by atoms with Gasteiger partial charge in [-0.1, -0.05) is 130 Å². The SMILES string of the molecule is CCCCCCC(CCCCCSc1nc(-c2ccccc2)c(-c2ccccc2)[nH]1)(NC(=O)O)c1ccc(F)cc1. The van der Waals surface area contributed by atoms with Crippen LogP contribution in [-0.4, -0.2) is 26.9 Å². The maximum Gasteiger partial charge on any atom is 0.405 e. The van der Waals surface area contributed by atoms with Crippen LogP contribution in [0.1, 0.15) is 70.3 Å². The van der Waals surface area contributed by atoms with E-state index in [2.05, 4.69) is 41.5 Å². The zero-order valence-electron chi connectivity index (χ0n) is 23.7. The second-order valence-corrected chi connectivity index (χ2v) is 11.6. The first kappa shape index (κ1) is 30.4. The number of carboxylic acid groups (broad SMARTS) is 1. The fraction of sp³-hybridized carbons (Fsp3) is 0.353. The molecule has 0 aliphatic carbocycles. The van der Waals surface area contributed by atoms with Gasteiger partial charge in [0.2, 0.25) is 0 Å². The Kier molecular flexibility index (Phi) is 11.4. The summed E-state index contributed by atoms with van der Waals surface area (Å²) in [6, 6.07) is 26.8. The molecule has 1 unspecified atom stereocenters. The Morgan fingerprint density at radius 2 is 1.46 bits per heavy atom. The van der Waals surface area contributed by atoms with Crippen LogP contribution >= 0.6 is 11.8 Å². The fourth-order valence-corrected chi connectivity index (χ4v) is 6.22. The smallest absolute Gasteiger partial charge is 0.405 e. The highest BCUT2D eigenvalue weighted by Crippen LogP contribution is 2.35. The van der Waals surface area contributed by atoms with E-state index in [9.17, 15) is 14.3 Å². The van der Waals surface area contributed by atoms with Crippen molar-refractivity contribution in [2.24, 2.45) is 0 Å². The van der Waals surface area contributed by atoms with Gasteiger partial charge in [0.05, 0.1) is 16.9 Å². The minimum absolute atomic E-state index is 0.315. The third kappa shape index (κ3) is 8.70. The topological polar surface area (TPSA) is 78.0 Å². The average Bonchev–Trinajstić information content (AvgIpc) is 3.42. The van der Waals surface area contributed by atoms with Gasteiger partial charge in [-0.25, -0.2) is 14.2 Å². The van der Waals surface area contributed by atoms with Crippen molar-refractivity contribution < 1.29 is 14.3 Å². The molecule has 0 bridgehead atoms. The monoisotopic (exact) mass is 573 g/mol. The highest BCUT2D eigenvalue weighted by molar-refractivity contribution is 7.99. The van der Waals surface area contributed by atoms with Crippen LogP contribution in [0.4, 0.5) is 9.18 Å². The summed E-state index contributed by atoms with van der Waals surface area (Å²) in [4.78, 5) is 20.4. The van der Waals surface area contributed by atoms with Gasteiger partial charge in [0.1, 0.15) is 5.82 Å². The van der Waals surface area contributed by atoms with Crippen molar-refractivity contribution in [2.75, 3.05) is 5.75 Å². The standard InChI is InChI=1S/C34H40FN3O2S/c1-2-3-4-12-23-34(38-33(39)40,28-19-21-29(35)22-20-28)24-13-7-14-25-41-32-36-30(26-15-8-5-9-16-26)31(37-32)27-17-10-6-11-18-27/h5-6,8-11,15-22,38H,2-4,7,12-14,23-25H2,1H3,(H,36,37)(H,39,40). The number of aromatic amines is 1. The molecule has 0 radical (unpaired) electrons. The Labute approximate surface area is 247 Å². The van der Waals surface area contributed by atoms with Gasteiger partial charge >= 0.3 is 6.09 Å². The molecule has 1 heterocycles. The number of nitrogens with zero attached hydrogens (tertiary/aromatic N) is 1. The quantitative estimate of drug-likeness (QED) is 0.0921. The molecule has 1 aromatic heterocycles. The summed E-state index contributed by atoms with van der Waals surface area (Å²) < 4.78 is 13.7. The van der Waals surface area contributed by atoms with E-state index in [1.165, 1.54) is 12.1 Å². The molecule has 1 atom stereocenters. The Hall–Kier alpha value is -3.58. The van der Waals surface area contributed by atoms with Gasteiger partial charge in [-0.15, -0.1) is 0 Å². The zero-order valence-corrected chi connectivity index (χ0v) is 24.6. The molecule has 3 N–H and O–H groups in total. The normalized spacial score (nSPS) is 12.6. The summed E-state index contributed by atoms with van der Waals surface area (Å²) >= 11 is 1.71. The number of nitrogens with one attached hydrogen (secondary N) is 2. The molecule has 0 saturated heterocycles. The van der Waals surface area contributed by atoms with Gasteiger partial charge in [0.25, 0.3) is 0 Å². The second-order valence-electron chi connectivity index (χ2n) is 10.5. The van der Waals surface area contributed by atoms with Crippen LogP contribution < -0.4 is 5.32 Å². The summed E-state index contributed by atoms with van der Waals surface area (Å²) in [5.74, 6) is 0.590. The van der Waals surface area contributed by atoms with Gasteiger partial charge < -0.3 is 15.4 Å². The van der Waals surface area contributed by atoms with Crippen molar-refractivity contribution in [3.8, 4) is 22.5 Å². The fourth-order valence-electron chi connectivity index (χ4n) is 5.35. The van der Waals surface area contributed by atoms with Crippen LogP contribution in [0.25, 0.3) is 22.5 Å². The van der Waals surface area contributed by atoms with Gasteiger partial charge in [0, 0.05) is 16.9 Å². The summed E-state index contributed by atoms with van der Waals surface area (Å²) in [6.45, 7) is 2.16. The van der Waals surface area contributed by atoms with Crippen molar-refractivity contribution in [3.05, 3.63) is 96.3 Å². The van der Waals surface area contributed by atoms with Crippen LogP contribution in [0.15, 0.2) is 90.1 Å². The molecular formula is C34H40FN3O2S. The van der Waals surface area contributed by atoms with Crippen LogP contribution in [0, 0.1) is 5.82 Å². The lowest BCUT2D eigenvalue weighted by Gasteiger charge is -2.35. The maximum absolute atomic E-state index is 13.7. The molecule has 0 saturated carbocycles. The van der Waals surface area contributed by atoms with Crippen LogP contribution in [0.5, 0.6) is 0 Å². The lowest BCUT2D eigenvalue weighted by atomic mass is 9.80. The number of hydrogen-bond acceptors (Lipinski definition) is 3. The highest BCUT2D eigenvalue weighted by atomic mass is 32.2. The van der Waals surface area contributed by atoms with Crippen LogP contribution in [-0.2, 0) is 5.54 Å². The first-order valence-corrected chi connectivity index (χ1v) is 15.6. The number of carbonyl (C=O) groups is 1. The van der Waals surface area contributed by atoms with Gasteiger partial charge in [-0.2, -0.15) is 0 Å². The number of benzene rings is 3. The van der Waals surface area contributed by atoms with E-state index in [4.69, 9.17) is 4.98 Å². The van der Waals surface area contributed by atoms with Crippen molar-refractivity contribution in [3.63, 3.8) is 0 Å². The van der Waals surface area contributed by atoms with E-state index >= 15 is 0 Å². The molecule has 1 amide bonds. The molecule has 0 aliphatic rings. The number of rotatable bonds is 16. The summed E-state index contributed by atoms with van der Waals surface area (Å²) in [5, 5.41) is 13.5. The number of H-pyrrole nitrogens is 1. The number of halogens is 1. The Morgan fingerprint density at radius 1 is 0.854 bits per heavy atom. The van der Waals surface area contributed by atoms with Crippen molar-refractivity contribution in [1.29, 1.82) is 0 Å². The van der Waals surface area contributed by atoms with Gasteiger partial charge in [-0.3, -0.25) is 0 Å². The molecular weight excluding hydrogens is 533 g/mol. The van der Waals surface area contributed by atoms with E-state index in [0.717, 1.165) is 83.9 Å². The molecule has 216 valence electrons. The number of thioether (sulfide) groups is 1. The number of unbranched alkanes of at least 4 members (excludes halogenated alkanes) is 5. The minimum atomic E-state index is -1.04. The van der Waals surface area contributed by atoms with Gasteiger partial charge in [-0.05, 0) is 37.0 Å². The molecule has 3 aromatic carbocycles. The molecule has 4 rings (SSSR count). The number of aromatic nitrogens is 2. The van der Waals surface area contributed by atoms with E-state index < -0.39 is 11.6 Å². The first-order chi connectivity index (χ1) is 20.0. The van der Waals surface area contributed by atoms with Crippen molar-refractivity contribution >= 4 is 17.9 Å². The van der Waals surface area contributed by atoms with Crippen molar-refractivity contribution in [2.45, 2.75) is 75.4 Å². The second kappa shape index (κ2) is 15.4. The minimum Gasteiger partial charge on any atom is -0.465 e. The first-order valence-electron chi connectivity index (χ1n) is 14.6. The molecule has 5 nitrogen and oxygen atoms in total. The molecule has 0 fully saturated rings. The molecule has 41 heavy (non-hydrogen) atoms. The molecule has 0 aliphatic heterocycles. The summed E-state index contributed by atoms with van der Waals surface area (Å²) in [7, 11) is 0. The number of hydrogen-bond donors (Lipinski definition) is 3. The van der Waals surface area contributed by atoms with E-state index in [1.807, 2.05) is 36.4 Å². The van der Waals surface area contributed by atoms with E-state index in [1.54, 1.807) is 23.9 Å². The third-order valence-electron chi connectivity index (χ3n) is 7.48. The lowest BCUT2D eigenvalue weighted by molar-refractivity contribution is 0.168. The summed E-state index contributed by atoms with van der Waals surface area (Å²) in [6.07, 6.45) is 7.37. The predicted octanol–water partition coefficient (Wildman–Crippen LogP) is 9.67. The largest absolute Gasteiger partial charge is 0.465 e. The third-order valence-corrected chi connectivity index (χ3v) is 8.44. The predicted molar refractivity (Wildman–Crippen MR) is 167 cm³/mol. The van der Waals surface area contributed by atoms with Crippen LogP contribution in [0.3, 0.4) is 0 Å². The van der Waals surface area contributed by atoms with Gasteiger partial charge in [0.15, 0.2) is 5.16 Å². The zero-order chi connectivity index (χ0) is 28.9. The molecule has 0 spiro atoms. The molecule has 7 heteroatoms. The number of amides is 1. The maximum atomic E-state index is 13.7. The van der Waals surface area contributed by atoms with Crippen LogP contribution in [0.2, 0.25) is 0 Å². The Bertz CT molecular complexity index is 1290.